The number of hydrogen-bond donors (Lipinski definition) is 2. The largest absolute Gasteiger partial charge is 0.493 e. The molecule has 0 spiro atoms. The second kappa shape index (κ2) is 5.90. The number of methoxy groups -OCH3 is 2. The number of nitrogens with two attached hydrogens (primary N) is 1. The van der Waals surface area contributed by atoms with Crippen molar-refractivity contribution >= 4 is 11.6 Å². The predicted octanol–water partition coefficient (Wildman–Crippen LogP) is 1.69. The zero-order valence-electron chi connectivity index (χ0n) is 10.9. The third kappa shape index (κ3) is 3.25. The van der Waals surface area contributed by atoms with Crippen molar-refractivity contribution in [3.63, 3.8) is 0 Å². The molecule has 0 unspecified atom stereocenters. The van der Waals surface area contributed by atoms with Gasteiger partial charge in [0.1, 0.15) is 11.6 Å². The van der Waals surface area contributed by atoms with E-state index in [1.165, 1.54) is 0 Å². The lowest BCUT2D eigenvalue weighted by Crippen LogP contribution is -2.03. The first-order valence-corrected chi connectivity index (χ1v) is 5.77. The van der Waals surface area contributed by atoms with Crippen LogP contribution in [-0.4, -0.2) is 24.4 Å². The molecular weight excluding hydrogens is 244 g/mol. The van der Waals surface area contributed by atoms with Gasteiger partial charge < -0.3 is 20.5 Å². The van der Waals surface area contributed by atoms with Crippen molar-refractivity contribution in [1.82, 2.24) is 10.2 Å². The SMILES string of the molecule is COc1ccc(CNc2ccc(N)nn2)cc1OC. The Morgan fingerprint density at radius 1 is 1.05 bits per heavy atom. The minimum absolute atomic E-state index is 0.400. The molecule has 19 heavy (non-hydrogen) atoms. The molecule has 3 N–H and O–H groups in total. The molecule has 0 aliphatic carbocycles. The van der Waals surface area contributed by atoms with Crippen molar-refractivity contribution in [2.75, 3.05) is 25.3 Å². The van der Waals surface area contributed by atoms with Gasteiger partial charge in [-0.25, -0.2) is 0 Å². The van der Waals surface area contributed by atoms with Crippen LogP contribution in [-0.2, 0) is 6.54 Å². The maximum atomic E-state index is 5.47. The standard InChI is InChI=1S/C13H16N4O2/c1-18-10-4-3-9(7-11(10)19-2)8-15-13-6-5-12(14)16-17-13/h3-7H,8H2,1-2H3,(H2,14,16)(H,15,17). The van der Waals surface area contributed by atoms with Crippen LogP contribution < -0.4 is 20.5 Å². The van der Waals surface area contributed by atoms with Crippen LogP contribution in [0.5, 0.6) is 11.5 Å². The first kappa shape index (κ1) is 12.9. The lowest BCUT2D eigenvalue weighted by molar-refractivity contribution is 0.354. The van der Waals surface area contributed by atoms with Crippen LogP contribution in [0.15, 0.2) is 30.3 Å². The molecular formula is C13H16N4O2. The number of aromatic nitrogens is 2. The lowest BCUT2D eigenvalue weighted by atomic mass is 10.2. The Kier molecular flexibility index (Phi) is 4.02. The van der Waals surface area contributed by atoms with E-state index in [-0.39, 0.29) is 0 Å². The van der Waals surface area contributed by atoms with Crippen LogP contribution in [0, 0.1) is 0 Å². The fourth-order valence-electron chi connectivity index (χ4n) is 1.62. The normalized spacial score (nSPS) is 10.0. The van der Waals surface area contributed by atoms with E-state index < -0.39 is 0 Å². The molecule has 0 atom stereocenters. The van der Waals surface area contributed by atoms with E-state index in [1.54, 1.807) is 26.4 Å². The van der Waals surface area contributed by atoms with Gasteiger partial charge in [-0.1, -0.05) is 6.07 Å². The number of rotatable bonds is 5. The summed E-state index contributed by atoms with van der Waals surface area (Å²) in [4.78, 5) is 0. The topological polar surface area (TPSA) is 82.3 Å². The molecule has 100 valence electrons. The molecule has 0 saturated heterocycles. The quantitative estimate of drug-likeness (QED) is 0.851. The number of nitrogens with one attached hydrogen (secondary N) is 1. The second-order valence-corrected chi connectivity index (χ2v) is 3.89. The van der Waals surface area contributed by atoms with Crippen molar-refractivity contribution in [3.8, 4) is 11.5 Å². The zero-order chi connectivity index (χ0) is 13.7. The van der Waals surface area contributed by atoms with Crippen LogP contribution in [0.4, 0.5) is 11.6 Å². The Bertz CT molecular complexity index is 543. The highest BCUT2D eigenvalue weighted by Crippen LogP contribution is 2.27. The van der Waals surface area contributed by atoms with Crippen molar-refractivity contribution < 1.29 is 9.47 Å². The number of anilines is 2. The van der Waals surface area contributed by atoms with Gasteiger partial charge in [-0.15, -0.1) is 10.2 Å². The Morgan fingerprint density at radius 2 is 1.84 bits per heavy atom. The second-order valence-electron chi connectivity index (χ2n) is 3.89. The van der Waals surface area contributed by atoms with Gasteiger partial charge in [0.15, 0.2) is 11.5 Å². The molecule has 0 aliphatic heterocycles. The monoisotopic (exact) mass is 260 g/mol. The van der Waals surface area contributed by atoms with E-state index in [0.29, 0.717) is 29.7 Å². The van der Waals surface area contributed by atoms with Gasteiger partial charge in [0.2, 0.25) is 0 Å². The molecule has 0 radical (unpaired) electrons. The molecule has 2 rings (SSSR count). The van der Waals surface area contributed by atoms with Crippen LogP contribution >= 0.6 is 0 Å². The molecule has 1 aromatic heterocycles. The molecule has 0 fully saturated rings. The Morgan fingerprint density at radius 3 is 2.47 bits per heavy atom. The smallest absolute Gasteiger partial charge is 0.161 e. The molecule has 0 aliphatic rings. The van der Waals surface area contributed by atoms with E-state index in [1.807, 2.05) is 18.2 Å². The highest BCUT2D eigenvalue weighted by atomic mass is 16.5. The van der Waals surface area contributed by atoms with E-state index in [0.717, 1.165) is 5.56 Å². The molecule has 6 heteroatoms. The van der Waals surface area contributed by atoms with Gasteiger partial charge in [-0.3, -0.25) is 0 Å². The van der Waals surface area contributed by atoms with Gasteiger partial charge in [-0.05, 0) is 29.8 Å². The molecule has 0 bridgehead atoms. The summed E-state index contributed by atoms with van der Waals surface area (Å²) in [6.07, 6.45) is 0. The van der Waals surface area contributed by atoms with Gasteiger partial charge in [0, 0.05) is 6.54 Å². The van der Waals surface area contributed by atoms with Gasteiger partial charge in [-0.2, -0.15) is 0 Å². The number of nitrogen functional groups attached to an aromatic ring is 1. The lowest BCUT2D eigenvalue weighted by Gasteiger charge is -2.10. The van der Waals surface area contributed by atoms with E-state index in [4.69, 9.17) is 15.2 Å². The molecule has 2 aromatic rings. The minimum atomic E-state index is 0.400. The van der Waals surface area contributed by atoms with Crippen molar-refractivity contribution in [2.24, 2.45) is 0 Å². The van der Waals surface area contributed by atoms with Crippen molar-refractivity contribution in [3.05, 3.63) is 35.9 Å². The fourth-order valence-corrected chi connectivity index (χ4v) is 1.62. The van der Waals surface area contributed by atoms with Crippen LogP contribution in [0.2, 0.25) is 0 Å². The van der Waals surface area contributed by atoms with Crippen molar-refractivity contribution in [2.45, 2.75) is 6.54 Å². The summed E-state index contributed by atoms with van der Waals surface area (Å²) in [6, 6.07) is 9.22. The maximum absolute atomic E-state index is 5.47. The van der Waals surface area contributed by atoms with Crippen LogP contribution in [0.3, 0.4) is 0 Å². The first-order chi connectivity index (χ1) is 9.22. The van der Waals surface area contributed by atoms with Gasteiger partial charge >= 0.3 is 0 Å². The Labute approximate surface area is 111 Å². The molecule has 1 heterocycles. The predicted molar refractivity (Wildman–Crippen MR) is 73.3 cm³/mol. The number of hydrogen-bond acceptors (Lipinski definition) is 6. The molecule has 6 nitrogen and oxygen atoms in total. The van der Waals surface area contributed by atoms with Crippen LogP contribution in [0.25, 0.3) is 0 Å². The summed E-state index contributed by atoms with van der Waals surface area (Å²) >= 11 is 0. The average molecular weight is 260 g/mol. The minimum Gasteiger partial charge on any atom is -0.493 e. The summed E-state index contributed by atoms with van der Waals surface area (Å²) in [5.74, 6) is 2.48. The summed E-state index contributed by atoms with van der Waals surface area (Å²) in [5.41, 5.74) is 6.52. The highest BCUT2D eigenvalue weighted by Gasteiger charge is 2.04. The molecule has 1 aromatic carbocycles. The number of benzene rings is 1. The van der Waals surface area contributed by atoms with Gasteiger partial charge in [0.05, 0.1) is 14.2 Å². The highest BCUT2D eigenvalue weighted by molar-refractivity contribution is 5.44. The fraction of sp³-hybridized carbons (Fsp3) is 0.231. The third-order valence-electron chi connectivity index (χ3n) is 2.61. The Balaban J connectivity index is 2.05. The van der Waals surface area contributed by atoms with E-state index >= 15 is 0 Å². The van der Waals surface area contributed by atoms with E-state index in [9.17, 15) is 0 Å². The first-order valence-electron chi connectivity index (χ1n) is 5.77. The van der Waals surface area contributed by atoms with Gasteiger partial charge in [0.25, 0.3) is 0 Å². The average Bonchev–Trinajstić information content (AvgIpc) is 2.46. The Hall–Kier alpha value is -2.50. The summed E-state index contributed by atoms with van der Waals surface area (Å²) in [5, 5.41) is 10.9. The summed E-state index contributed by atoms with van der Waals surface area (Å²) in [6.45, 7) is 0.610. The van der Waals surface area contributed by atoms with Crippen LogP contribution in [0.1, 0.15) is 5.56 Å². The third-order valence-corrected chi connectivity index (χ3v) is 2.61. The van der Waals surface area contributed by atoms with E-state index in [2.05, 4.69) is 15.5 Å². The van der Waals surface area contributed by atoms with Crippen molar-refractivity contribution in [1.29, 1.82) is 0 Å². The maximum Gasteiger partial charge on any atom is 0.161 e. The number of nitrogens with zero attached hydrogens (tertiary/aromatic N) is 2. The zero-order valence-corrected chi connectivity index (χ0v) is 10.9. The molecule has 0 saturated carbocycles. The summed E-state index contributed by atoms with van der Waals surface area (Å²) < 4.78 is 10.4. The number of ether oxygens (including phenoxy) is 2. The summed E-state index contributed by atoms with van der Waals surface area (Å²) in [7, 11) is 3.22. The molecule has 0 amide bonds.